The highest BCUT2D eigenvalue weighted by Crippen LogP contribution is 2.05. The smallest absolute Gasteiger partial charge is 0.151 e. The molecule has 0 aliphatic carbocycles. The molecule has 4 nitrogen and oxygen atoms in total. The molecule has 0 aromatic heterocycles. The van der Waals surface area contributed by atoms with E-state index in [4.69, 9.17) is 0 Å². The molecule has 6 heteroatoms. The Labute approximate surface area is 66.4 Å². The minimum atomic E-state index is -3.12. The van der Waals surface area contributed by atoms with Crippen LogP contribution in [0.1, 0.15) is 0 Å². The van der Waals surface area contributed by atoms with E-state index in [-0.39, 0.29) is 23.0 Å². The van der Waals surface area contributed by atoms with Gasteiger partial charge in [-0.2, -0.15) is 0 Å². The van der Waals surface area contributed by atoms with Gasteiger partial charge in [-0.1, -0.05) is 0 Å². The van der Waals surface area contributed by atoms with Crippen molar-refractivity contribution in [3.63, 3.8) is 0 Å². The van der Waals surface area contributed by atoms with E-state index in [2.05, 4.69) is 0 Å². The Kier molecular flexibility index (Phi) is 2.24. The van der Waals surface area contributed by atoms with Crippen LogP contribution in [0, 0.1) is 6.42 Å². The highest BCUT2D eigenvalue weighted by Gasteiger charge is 2.22. The summed E-state index contributed by atoms with van der Waals surface area (Å²) >= 11 is 0. The summed E-state index contributed by atoms with van der Waals surface area (Å²) in [6.07, 6.45) is 1.30. The van der Waals surface area contributed by atoms with Crippen molar-refractivity contribution in [1.29, 1.82) is 0 Å². The first-order valence-corrected chi connectivity index (χ1v) is 6.78. The Hall–Kier alpha value is -0.100. The van der Waals surface area contributed by atoms with Gasteiger partial charge in [-0.05, 0) is 6.42 Å². The van der Waals surface area contributed by atoms with Gasteiger partial charge in [0.2, 0.25) is 0 Å². The van der Waals surface area contributed by atoms with Crippen molar-refractivity contribution >= 4 is 19.7 Å². The average Bonchev–Trinajstić information content (AvgIpc) is 1.92. The summed E-state index contributed by atoms with van der Waals surface area (Å²) in [5, 5.41) is 0. The first-order valence-electron chi connectivity index (χ1n) is 3.14. The van der Waals surface area contributed by atoms with Crippen LogP contribution in [0.4, 0.5) is 0 Å². The predicted octanol–water partition coefficient (Wildman–Crippen LogP) is -0.966. The third kappa shape index (κ3) is 2.78. The maximum absolute atomic E-state index is 10.9. The van der Waals surface area contributed by atoms with Crippen molar-refractivity contribution in [1.82, 2.24) is 0 Å². The van der Waals surface area contributed by atoms with Gasteiger partial charge >= 0.3 is 0 Å². The van der Waals surface area contributed by atoms with E-state index in [1.807, 2.05) is 0 Å². The Morgan fingerprint density at radius 1 is 0.818 bits per heavy atom. The summed E-state index contributed by atoms with van der Waals surface area (Å²) in [4.78, 5) is 0. The van der Waals surface area contributed by atoms with Crippen LogP contribution < -0.4 is 0 Å². The molecule has 0 aromatic rings. The highest BCUT2D eigenvalue weighted by atomic mass is 32.2. The van der Waals surface area contributed by atoms with Crippen LogP contribution in [0.3, 0.4) is 0 Å². The fourth-order valence-corrected chi connectivity index (χ4v) is 4.30. The second kappa shape index (κ2) is 2.75. The topological polar surface area (TPSA) is 68.3 Å². The molecule has 11 heavy (non-hydrogen) atoms. The van der Waals surface area contributed by atoms with Gasteiger partial charge in [-0.3, -0.25) is 0 Å². The Morgan fingerprint density at radius 3 is 1.55 bits per heavy atom. The fourth-order valence-electron chi connectivity index (χ4n) is 0.828. The maximum atomic E-state index is 10.9. The molecule has 0 aromatic carbocycles. The van der Waals surface area contributed by atoms with Gasteiger partial charge in [-0.15, -0.1) is 0 Å². The molecule has 0 spiro atoms. The molecule has 0 atom stereocenters. The molecule has 1 aliphatic heterocycles. The molecular formula is C5H9O4S2. The van der Waals surface area contributed by atoms with Crippen molar-refractivity contribution in [2.45, 2.75) is 0 Å². The standard InChI is InChI=1S/C5H9O4S2/c6-10(7)2-1-3-11(8,9)5-4-10/h1H,2-5H2. The Bertz CT molecular complexity index is 289. The van der Waals surface area contributed by atoms with E-state index in [0.29, 0.717) is 0 Å². The van der Waals surface area contributed by atoms with Crippen molar-refractivity contribution in [3.05, 3.63) is 6.42 Å². The molecule has 1 aliphatic rings. The third-order valence-corrected chi connectivity index (χ3v) is 4.85. The first kappa shape index (κ1) is 8.99. The SMILES string of the molecule is O=S1(=O)C[CH]CS(=O)(=O)CC1. The van der Waals surface area contributed by atoms with Crippen molar-refractivity contribution in [2.75, 3.05) is 23.0 Å². The number of hydrogen-bond donors (Lipinski definition) is 0. The molecule has 1 rings (SSSR count). The first-order chi connectivity index (χ1) is 4.91. The summed E-state index contributed by atoms with van der Waals surface area (Å²) in [5.41, 5.74) is 0. The summed E-state index contributed by atoms with van der Waals surface area (Å²) in [6.45, 7) is 0. The van der Waals surface area contributed by atoms with Crippen LogP contribution >= 0.6 is 0 Å². The number of sulfone groups is 2. The fraction of sp³-hybridized carbons (Fsp3) is 0.800. The van der Waals surface area contributed by atoms with Gasteiger partial charge < -0.3 is 0 Å². The predicted molar refractivity (Wildman–Crippen MR) is 41.6 cm³/mol. The van der Waals surface area contributed by atoms with Gasteiger partial charge in [0.1, 0.15) is 0 Å². The van der Waals surface area contributed by atoms with E-state index in [1.54, 1.807) is 0 Å². The molecule has 0 unspecified atom stereocenters. The molecule has 0 amide bonds. The molecule has 65 valence electrons. The Balaban J connectivity index is 2.84. The minimum absolute atomic E-state index is 0.105. The number of rotatable bonds is 0. The zero-order valence-electron chi connectivity index (χ0n) is 5.86. The molecular weight excluding hydrogens is 188 g/mol. The summed E-state index contributed by atoms with van der Waals surface area (Å²) in [7, 11) is -6.25. The number of hydrogen-bond acceptors (Lipinski definition) is 4. The van der Waals surface area contributed by atoms with Crippen LogP contribution in [0.5, 0.6) is 0 Å². The van der Waals surface area contributed by atoms with E-state index in [1.165, 1.54) is 6.42 Å². The molecule has 0 saturated carbocycles. The van der Waals surface area contributed by atoms with Crippen molar-refractivity contribution < 1.29 is 16.8 Å². The van der Waals surface area contributed by atoms with Crippen molar-refractivity contribution in [3.8, 4) is 0 Å². The summed E-state index contributed by atoms with van der Waals surface area (Å²) < 4.78 is 43.5. The third-order valence-electron chi connectivity index (χ3n) is 1.45. The second-order valence-corrected chi connectivity index (χ2v) is 6.97. The Morgan fingerprint density at radius 2 is 1.18 bits per heavy atom. The lowest BCUT2D eigenvalue weighted by molar-refractivity contribution is 0.593. The molecule has 0 bridgehead atoms. The zero-order valence-corrected chi connectivity index (χ0v) is 7.49. The lowest BCUT2D eigenvalue weighted by Gasteiger charge is -1.94. The largest absolute Gasteiger partial charge is 0.229 e. The minimum Gasteiger partial charge on any atom is -0.229 e. The quantitative estimate of drug-likeness (QED) is 0.501. The maximum Gasteiger partial charge on any atom is 0.151 e. The van der Waals surface area contributed by atoms with E-state index in [0.717, 1.165) is 0 Å². The molecule has 1 heterocycles. The normalized spacial score (nSPS) is 29.1. The highest BCUT2D eigenvalue weighted by molar-refractivity contribution is 7.95. The van der Waals surface area contributed by atoms with E-state index >= 15 is 0 Å². The summed E-state index contributed by atoms with van der Waals surface area (Å²) in [5.74, 6) is -0.671. The van der Waals surface area contributed by atoms with Crippen LogP contribution in [0.25, 0.3) is 0 Å². The zero-order chi connectivity index (χ0) is 8.54. The monoisotopic (exact) mass is 197 g/mol. The molecule has 1 fully saturated rings. The van der Waals surface area contributed by atoms with E-state index in [9.17, 15) is 16.8 Å². The molecule has 1 saturated heterocycles. The van der Waals surface area contributed by atoms with Crippen molar-refractivity contribution in [2.24, 2.45) is 0 Å². The molecule has 1 radical (unpaired) electrons. The van der Waals surface area contributed by atoms with Gasteiger partial charge in [-0.25, -0.2) is 16.8 Å². The second-order valence-electron chi connectivity index (χ2n) is 2.52. The van der Waals surface area contributed by atoms with Crippen LogP contribution in [-0.4, -0.2) is 39.8 Å². The molecule has 0 N–H and O–H groups in total. The van der Waals surface area contributed by atoms with Gasteiger partial charge in [0.25, 0.3) is 0 Å². The van der Waals surface area contributed by atoms with Gasteiger partial charge in [0, 0.05) is 0 Å². The van der Waals surface area contributed by atoms with Crippen LogP contribution in [0.2, 0.25) is 0 Å². The lowest BCUT2D eigenvalue weighted by atomic mass is 10.6. The van der Waals surface area contributed by atoms with Gasteiger partial charge in [0.15, 0.2) is 19.7 Å². The van der Waals surface area contributed by atoms with E-state index < -0.39 is 19.7 Å². The summed E-state index contributed by atoms with van der Waals surface area (Å²) in [6, 6.07) is 0. The lowest BCUT2D eigenvalue weighted by Crippen LogP contribution is -2.14. The van der Waals surface area contributed by atoms with Crippen LogP contribution in [-0.2, 0) is 19.7 Å². The van der Waals surface area contributed by atoms with Gasteiger partial charge in [0.05, 0.1) is 23.0 Å². The van der Waals surface area contributed by atoms with Crippen LogP contribution in [0.15, 0.2) is 0 Å². The average molecular weight is 197 g/mol.